The summed E-state index contributed by atoms with van der Waals surface area (Å²) in [6.07, 6.45) is -10.6. The molecule has 3 aromatic rings. The van der Waals surface area contributed by atoms with E-state index in [0.717, 1.165) is 54.6 Å². The van der Waals surface area contributed by atoms with Crippen molar-refractivity contribution >= 4 is 53.8 Å². The summed E-state index contributed by atoms with van der Waals surface area (Å²) in [5.41, 5.74) is -5.19. The largest absolute Gasteiger partial charge is 0.748 e. The van der Waals surface area contributed by atoms with E-state index in [1.165, 1.54) is 0 Å². The van der Waals surface area contributed by atoms with E-state index in [1.54, 1.807) is 0 Å². The van der Waals surface area contributed by atoms with Crippen molar-refractivity contribution in [1.29, 1.82) is 0 Å². The fourth-order valence-electron chi connectivity index (χ4n) is 3.51. The van der Waals surface area contributed by atoms with Crippen LogP contribution in [0.5, 0.6) is 11.5 Å². The van der Waals surface area contributed by atoms with E-state index in [1.807, 2.05) is 0 Å². The van der Waals surface area contributed by atoms with Gasteiger partial charge in [0.25, 0.3) is 0 Å². The van der Waals surface area contributed by atoms with Gasteiger partial charge in [0.1, 0.15) is 27.9 Å². The second-order valence-electron chi connectivity index (χ2n) is 9.37. The van der Waals surface area contributed by atoms with Crippen LogP contribution in [-0.4, -0.2) is 78.3 Å². The molecule has 52 heavy (non-hydrogen) atoms. The topological polar surface area (TPSA) is 229 Å². The molecule has 0 saturated carbocycles. The van der Waals surface area contributed by atoms with Gasteiger partial charge >= 0.3 is 32.6 Å². The number of rotatable bonds is 18. The van der Waals surface area contributed by atoms with Crippen molar-refractivity contribution in [3.8, 4) is 11.5 Å². The van der Waals surface area contributed by atoms with Gasteiger partial charge in [0, 0.05) is 23.2 Å². The Morgan fingerprint density at radius 3 is 1.48 bits per heavy atom. The van der Waals surface area contributed by atoms with Gasteiger partial charge in [0.15, 0.2) is 11.4 Å². The average molecular weight is 827 g/mol. The zero-order valence-corrected chi connectivity index (χ0v) is 28.5. The van der Waals surface area contributed by atoms with Crippen LogP contribution >= 0.6 is 12.0 Å². The van der Waals surface area contributed by atoms with E-state index in [2.05, 4.69) is 28.3 Å². The van der Waals surface area contributed by atoms with Crippen LogP contribution in [0.15, 0.2) is 92.9 Å². The van der Waals surface area contributed by atoms with Crippen LogP contribution < -0.4 is 14.7 Å². The molecule has 0 spiro atoms. The summed E-state index contributed by atoms with van der Waals surface area (Å²) in [7, 11) is -15.3. The van der Waals surface area contributed by atoms with Crippen LogP contribution in [0.25, 0.3) is 0 Å². The lowest BCUT2D eigenvalue weighted by Gasteiger charge is -2.12. The highest BCUT2D eigenvalue weighted by molar-refractivity contribution is 7.94. The molecule has 0 aliphatic carbocycles. The summed E-state index contributed by atoms with van der Waals surface area (Å²) < 4.78 is 188. The number of benzene rings is 3. The van der Waals surface area contributed by atoms with E-state index in [-0.39, 0.29) is 23.9 Å². The predicted molar refractivity (Wildman–Crippen MR) is 161 cm³/mol. The molecule has 0 fully saturated rings. The first-order valence-electron chi connectivity index (χ1n) is 13.4. The van der Waals surface area contributed by atoms with E-state index >= 15 is 0 Å². The first-order valence-corrected chi connectivity index (χ1v) is 18.7. The van der Waals surface area contributed by atoms with Crippen molar-refractivity contribution in [2.45, 2.75) is 22.1 Å². The smallest absolute Gasteiger partial charge is 0.437 e. The third-order valence-electron chi connectivity index (χ3n) is 5.74. The Morgan fingerprint density at radius 2 is 1.10 bits per heavy atom. The molecule has 286 valence electrons. The van der Waals surface area contributed by atoms with Gasteiger partial charge in [-0.25, -0.2) is 8.42 Å². The van der Waals surface area contributed by atoms with Crippen LogP contribution in [0, 0.1) is 0 Å². The van der Waals surface area contributed by atoms with Gasteiger partial charge in [-0.1, -0.05) is 16.4 Å². The molecule has 3 rings (SSSR count). The van der Waals surface area contributed by atoms with Crippen LogP contribution in [0.2, 0.25) is 0 Å². The fraction of sp³-hybridized carbons (Fsp3) is 0.231. The SMILES string of the molecule is O=S(=O)([O-])CCOc1ccc(/C(=N/OS(=O)(=O)c2cccc(S(=O)(=O)O/N=C(\c3ccc(OCCSOO[O-])cc3)C(F)(F)F)c2)C(F)(F)F)cc1. The number of halogens is 6. The molecule has 26 heteroatoms. The Labute approximate surface area is 294 Å². The van der Waals surface area contributed by atoms with E-state index in [4.69, 9.17) is 9.47 Å². The number of ether oxygens (including phenoxy) is 2. The summed E-state index contributed by atoms with van der Waals surface area (Å²) in [5, 5.41) is 18.2. The molecule has 0 N–H and O–H groups in total. The summed E-state index contributed by atoms with van der Waals surface area (Å²) in [6.45, 7) is -0.675. The molecule has 3 aromatic carbocycles. The molecular weight excluding hydrogens is 807 g/mol. The Kier molecular flexibility index (Phi) is 14.3. The fourth-order valence-corrected chi connectivity index (χ4v) is 5.68. The van der Waals surface area contributed by atoms with Crippen molar-refractivity contribution in [2.24, 2.45) is 10.3 Å². The lowest BCUT2D eigenvalue weighted by molar-refractivity contribution is -0.777. The minimum atomic E-state index is -5.34. The molecular formula is C26H20F6N2O14S4-2. The minimum Gasteiger partial charge on any atom is -0.748 e. The van der Waals surface area contributed by atoms with Crippen molar-refractivity contribution in [2.75, 3.05) is 24.7 Å². The first kappa shape index (κ1) is 42.2. The summed E-state index contributed by atoms with van der Waals surface area (Å²) in [6, 6.07) is 9.58. The quantitative estimate of drug-likeness (QED) is 0.0341. The molecule has 0 atom stereocenters. The second kappa shape index (κ2) is 17.6. The lowest BCUT2D eigenvalue weighted by atomic mass is 10.1. The molecule has 16 nitrogen and oxygen atoms in total. The molecule has 0 saturated heterocycles. The highest BCUT2D eigenvalue weighted by Gasteiger charge is 2.40. The van der Waals surface area contributed by atoms with Gasteiger partial charge in [-0.3, -0.25) is 13.6 Å². The van der Waals surface area contributed by atoms with Crippen molar-refractivity contribution in [1.82, 2.24) is 0 Å². The summed E-state index contributed by atoms with van der Waals surface area (Å²) in [5.74, 6) is -0.938. The summed E-state index contributed by atoms with van der Waals surface area (Å²) >= 11 is 0.589. The Bertz CT molecular complexity index is 2060. The van der Waals surface area contributed by atoms with Crippen LogP contribution in [0.3, 0.4) is 0 Å². The third-order valence-corrected chi connectivity index (χ3v) is 9.10. The van der Waals surface area contributed by atoms with Gasteiger partial charge in [0.05, 0.1) is 28.2 Å². The van der Waals surface area contributed by atoms with Gasteiger partial charge in [-0.15, -0.1) is 0 Å². The molecule has 0 amide bonds. The predicted octanol–water partition coefficient (Wildman–Crippen LogP) is 3.20. The zero-order chi connectivity index (χ0) is 38.8. The van der Waals surface area contributed by atoms with Crippen molar-refractivity contribution < 1.29 is 88.8 Å². The first-order chi connectivity index (χ1) is 24.1. The molecule has 0 unspecified atom stereocenters. The molecule has 0 aromatic heterocycles. The Hall–Kier alpha value is -4.18. The average Bonchev–Trinajstić information content (AvgIpc) is 3.04. The molecule has 0 radical (unpaired) electrons. The monoisotopic (exact) mass is 826 g/mol. The minimum absolute atomic E-state index is 0.0570. The maximum Gasteiger partial charge on any atom is 0.437 e. The second-order valence-corrected chi connectivity index (χ2v) is 14.7. The third kappa shape index (κ3) is 13.1. The Morgan fingerprint density at radius 1 is 0.673 bits per heavy atom. The molecule has 0 aliphatic rings. The highest BCUT2D eigenvalue weighted by Crippen LogP contribution is 2.28. The van der Waals surface area contributed by atoms with Gasteiger partial charge in [-0.05, 0) is 66.7 Å². The standard InChI is InChI=1S/C26H22F6N2O14S4/c27-25(28,29)23(17-4-8-19(9-5-17)43-12-14-49-48-47-35)33-45-51(39,40)21-2-1-3-22(16-21)52(41,42)46-34-24(26(30,31)32)18-6-10-20(11-7-18)44-13-15-50(36,37)38/h1-11,16,35H,12-15H2,(H,36,37,38)/p-2/b33-23+,34-24-. The van der Waals surface area contributed by atoms with E-state index in [0.29, 0.717) is 30.2 Å². The summed E-state index contributed by atoms with van der Waals surface area (Å²) in [4.78, 5) is -2.21. The van der Waals surface area contributed by atoms with E-state index in [9.17, 15) is 61.4 Å². The lowest BCUT2D eigenvalue weighted by Crippen LogP contribution is -2.25. The van der Waals surface area contributed by atoms with Crippen LogP contribution in [0.4, 0.5) is 26.3 Å². The number of nitrogens with zero attached hydrogens (tertiary/aromatic N) is 2. The van der Waals surface area contributed by atoms with Gasteiger partial charge in [0.2, 0.25) is 0 Å². The Balaban J connectivity index is 1.80. The van der Waals surface area contributed by atoms with Crippen LogP contribution in [-0.2, 0) is 48.3 Å². The van der Waals surface area contributed by atoms with Gasteiger partial charge < -0.3 is 19.3 Å². The molecule has 0 heterocycles. The molecule has 0 aliphatic heterocycles. The van der Waals surface area contributed by atoms with Gasteiger partial charge in [-0.2, -0.15) is 47.5 Å². The van der Waals surface area contributed by atoms with E-state index < -0.39 is 87.4 Å². The maximum atomic E-state index is 13.8. The normalized spacial score (nSPS) is 13.5. The van der Waals surface area contributed by atoms with Crippen molar-refractivity contribution in [3.63, 3.8) is 0 Å². The van der Waals surface area contributed by atoms with Crippen molar-refractivity contribution in [3.05, 3.63) is 83.9 Å². The zero-order valence-electron chi connectivity index (χ0n) is 25.3. The van der Waals surface area contributed by atoms with Crippen LogP contribution in [0.1, 0.15) is 11.1 Å². The number of hydrogen-bond acceptors (Lipinski definition) is 17. The maximum absolute atomic E-state index is 13.8. The number of oxime groups is 2. The number of hydrogen-bond donors (Lipinski definition) is 0. The number of alkyl halides is 6. The highest BCUT2D eigenvalue weighted by atomic mass is 32.2. The molecule has 0 bridgehead atoms.